The van der Waals surface area contributed by atoms with Gasteiger partial charge in [0.1, 0.15) is 0 Å². The topological polar surface area (TPSA) is 58.9 Å². The molecule has 13 heavy (non-hydrogen) atoms. The van der Waals surface area contributed by atoms with Crippen molar-refractivity contribution in [2.45, 2.75) is 32.7 Å². The number of hydrogen-bond acceptors (Lipinski definition) is 2. The predicted octanol–water partition coefficient (Wildman–Crippen LogP) is 1.48. The maximum absolute atomic E-state index is 10.9. The smallest absolute Gasteiger partial charge is 0.248 e. The van der Waals surface area contributed by atoms with Gasteiger partial charge in [-0.25, -0.2) is 0 Å². The van der Waals surface area contributed by atoms with E-state index in [0.29, 0.717) is 0 Å². The number of hydrogen-bond donors (Lipinski definition) is 2. The van der Waals surface area contributed by atoms with E-state index in [-0.39, 0.29) is 11.6 Å². The summed E-state index contributed by atoms with van der Waals surface area (Å²) in [4.78, 5) is 13.6. The fraction of sp³-hybridized carbons (Fsp3) is 0.500. The minimum atomic E-state index is -0.0649. The van der Waals surface area contributed by atoms with E-state index in [1.807, 2.05) is 6.92 Å². The molecule has 3 N–H and O–H groups in total. The Balaban J connectivity index is 2.94. The third-order valence-corrected chi connectivity index (χ3v) is 2.17. The quantitative estimate of drug-likeness (QED) is 0.740. The van der Waals surface area contributed by atoms with Crippen LogP contribution in [0.25, 0.3) is 0 Å². The molecule has 0 bridgehead atoms. The number of aryl methyl sites for hydroxylation is 1. The summed E-state index contributed by atoms with van der Waals surface area (Å²) in [5.74, 6) is 0. The highest BCUT2D eigenvalue weighted by atomic mass is 16.1. The lowest BCUT2D eigenvalue weighted by Gasteiger charge is -2.12. The number of aromatic nitrogens is 1. The van der Waals surface area contributed by atoms with Crippen LogP contribution in [0.15, 0.2) is 17.1 Å². The second-order valence-electron chi connectivity index (χ2n) is 3.33. The summed E-state index contributed by atoms with van der Waals surface area (Å²) in [6.07, 6.45) is 3.73. The van der Waals surface area contributed by atoms with Gasteiger partial charge in [0.2, 0.25) is 5.56 Å². The van der Waals surface area contributed by atoms with Gasteiger partial charge in [-0.15, -0.1) is 0 Å². The lowest BCUT2D eigenvalue weighted by Crippen LogP contribution is -2.15. The minimum absolute atomic E-state index is 0.0434. The van der Waals surface area contributed by atoms with Gasteiger partial charge in [-0.3, -0.25) is 4.79 Å². The molecule has 0 unspecified atom stereocenters. The summed E-state index contributed by atoms with van der Waals surface area (Å²) in [5, 5.41) is 0. The first-order valence-corrected chi connectivity index (χ1v) is 4.60. The Labute approximate surface area is 78.0 Å². The molecule has 0 fully saturated rings. The van der Waals surface area contributed by atoms with Gasteiger partial charge in [0.25, 0.3) is 0 Å². The first-order chi connectivity index (χ1) is 6.15. The van der Waals surface area contributed by atoms with Crippen molar-refractivity contribution in [3.05, 3.63) is 33.7 Å². The molecule has 3 nitrogen and oxygen atoms in total. The van der Waals surface area contributed by atoms with Crippen molar-refractivity contribution in [2.75, 3.05) is 0 Å². The van der Waals surface area contributed by atoms with E-state index in [9.17, 15) is 4.79 Å². The fourth-order valence-corrected chi connectivity index (χ4v) is 1.45. The van der Waals surface area contributed by atoms with E-state index < -0.39 is 0 Å². The molecule has 0 saturated carbocycles. The Bertz CT molecular complexity index is 330. The van der Waals surface area contributed by atoms with E-state index in [1.165, 1.54) is 0 Å². The first kappa shape index (κ1) is 9.99. The standard InChI is InChI=1S/C10H16N2O/c1-3-4-9(11)8-6-12-10(13)5-7(8)2/h5-6,9H,3-4,11H2,1-2H3,(H,12,13)/t9-/m1/s1. The molecule has 0 radical (unpaired) electrons. The highest BCUT2D eigenvalue weighted by Gasteiger charge is 2.07. The Hall–Kier alpha value is -1.09. The van der Waals surface area contributed by atoms with Crippen LogP contribution in [0.2, 0.25) is 0 Å². The van der Waals surface area contributed by atoms with Crippen molar-refractivity contribution in [1.82, 2.24) is 4.98 Å². The third kappa shape index (κ3) is 2.42. The summed E-state index contributed by atoms with van der Waals surface area (Å²) in [6, 6.07) is 1.63. The molecule has 1 aromatic heterocycles. The minimum Gasteiger partial charge on any atom is -0.329 e. The third-order valence-electron chi connectivity index (χ3n) is 2.17. The molecule has 1 heterocycles. The SMILES string of the molecule is CCC[C@@H](N)c1c[nH]c(=O)cc1C. The van der Waals surface area contributed by atoms with Crippen LogP contribution in [0.3, 0.4) is 0 Å². The van der Waals surface area contributed by atoms with Gasteiger partial charge >= 0.3 is 0 Å². The summed E-state index contributed by atoms with van der Waals surface area (Å²) in [5.41, 5.74) is 7.89. The zero-order valence-electron chi connectivity index (χ0n) is 8.13. The lowest BCUT2D eigenvalue weighted by molar-refractivity contribution is 0.632. The van der Waals surface area contributed by atoms with Gasteiger partial charge in [0, 0.05) is 18.3 Å². The van der Waals surface area contributed by atoms with Crippen LogP contribution in [0.1, 0.15) is 36.9 Å². The Kier molecular flexibility index (Phi) is 3.25. The zero-order valence-corrected chi connectivity index (χ0v) is 8.13. The first-order valence-electron chi connectivity index (χ1n) is 4.60. The summed E-state index contributed by atoms with van der Waals surface area (Å²) in [6.45, 7) is 4.01. The molecular weight excluding hydrogens is 164 g/mol. The van der Waals surface area contributed by atoms with E-state index in [2.05, 4.69) is 11.9 Å². The maximum Gasteiger partial charge on any atom is 0.248 e. The van der Waals surface area contributed by atoms with Crippen molar-refractivity contribution in [3.63, 3.8) is 0 Å². The van der Waals surface area contributed by atoms with Gasteiger partial charge in [-0.2, -0.15) is 0 Å². The van der Waals surface area contributed by atoms with Crippen LogP contribution < -0.4 is 11.3 Å². The second-order valence-corrected chi connectivity index (χ2v) is 3.33. The van der Waals surface area contributed by atoms with Gasteiger partial charge < -0.3 is 10.7 Å². The van der Waals surface area contributed by atoms with Crippen molar-refractivity contribution in [2.24, 2.45) is 5.73 Å². The van der Waals surface area contributed by atoms with Crippen molar-refractivity contribution in [1.29, 1.82) is 0 Å². The molecule has 1 aromatic rings. The summed E-state index contributed by atoms with van der Waals surface area (Å²) >= 11 is 0. The van der Waals surface area contributed by atoms with Crippen LogP contribution in [0.4, 0.5) is 0 Å². The van der Waals surface area contributed by atoms with Crippen LogP contribution in [0.5, 0.6) is 0 Å². The van der Waals surface area contributed by atoms with Crippen molar-refractivity contribution < 1.29 is 0 Å². The molecule has 0 aromatic carbocycles. The number of rotatable bonds is 3. The van der Waals surface area contributed by atoms with Gasteiger partial charge in [-0.05, 0) is 24.5 Å². The van der Waals surface area contributed by atoms with E-state index >= 15 is 0 Å². The highest BCUT2D eigenvalue weighted by molar-refractivity contribution is 5.24. The van der Waals surface area contributed by atoms with Crippen LogP contribution in [0, 0.1) is 6.92 Å². The number of pyridine rings is 1. The molecule has 3 heteroatoms. The Morgan fingerprint density at radius 3 is 2.85 bits per heavy atom. The largest absolute Gasteiger partial charge is 0.329 e. The molecule has 72 valence electrons. The predicted molar refractivity (Wildman–Crippen MR) is 53.6 cm³/mol. The molecular formula is C10H16N2O. The average Bonchev–Trinajstić information content (AvgIpc) is 2.04. The van der Waals surface area contributed by atoms with Gasteiger partial charge in [0.05, 0.1) is 0 Å². The number of H-pyrrole nitrogens is 1. The molecule has 0 saturated heterocycles. The van der Waals surface area contributed by atoms with Crippen molar-refractivity contribution >= 4 is 0 Å². The number of nitrogens with two attached hydrogens (primary N) is 1. The molecule has 0 aliphatic rings. The number of nitrogens with one attached hydrogen (secondary N) is 1. The maximum atomic E-state index is 10.9. The fourth-order valence-electron chi connectivity index (χ4n) is 1.45. The van der Waals surface area contributed by atoms with Crippen molar-refractivity contribution in [3.8, 4) is 0 Å². The zero-order chi connectivity index (χ0) is 9.84. The highest BCUT2D eigenvalue weighted by Crippen LogP contribution is 2.16. The molecule has 0 spiro atoms. The van der Waals surface area contributed by atoms with Gasteiger partial charge in [0.15, 0.2) is 0 Å². The van der Waals surface area contributed by atoms with Gasteiger partial charge in [-0.1, -0.05) is 13.3 Å². The average molecular weight is 180 g/mol. The molecule has 0 amide bonds. The van der Waals surface area contributed by atoms with E-state index in [0.717, 1.165) is 24.0 Å². The lowest BCUT2D eigenvalue weighted by atomic mass is 10.0. The monoisotopic (exact) mass is 180 g/mol. The Morgan fingerprint density at radius 2 is 2.31 bits per heavy atom. The summed E-state index contributed by atoms with van der Waals surface area (Å²) < 4.78 is 0. The van der Waals surface area contributed by atoms with E-state index in [1.54, 1.807) is 12.3 Å². The second kappa shape index (κ2) is 4.23. The van der Waals surface area contributed by atoms with E-state index in [4.69, 9.17) is 5.73 Å². The molecule has 0 aliphatic carbocycles. The molecule has 1 atom stereocenters. The Morgan fingerprint density at radius 1 is 1.62 bits per heavy atom. The molecule has 0 aliphatic heterocycles. The number of aromatic amines is 1. The summed E-state index contributed by atoms with van der Waals surface area (Å²) in [7, 11) is 0. The van der Waals surface area contributed by atoms with Crippen LogP contribution in [-0.4, -0.2) is 4.98 Å². The normalized spacial score (nSPS) is 12.8. The molecule has 1 rings (SSSR count). The van der Waals surface area contributed by atoms with Crippen LogP contribution >= 0.6 is 0 Å². The van der Waals surface area contributed by atoms with Crippen LogP contribution in [-0.2, 0) is 0 Å².